The zero-order valence-electron chi connectivity index (χ0n) is 15.3. The number of urea groups is 1. The summed E-state index contributed by atoms with van der Waals surface area (Å²) in [6.45, 7) is 2.36. The molecule has 1 aliphatic rings. The lowest BCUT2D eigenvalue weighted by Gasteiger charge is -2.28. The first-order valence-corrected chi connectivity index (χ1v) is 9.73. The summed E-state index contributed by atoms with van der Waals surface area (Å²) in [7, 11) is -4.41. The van der Waals surface area contributed by atoms with Crippen molar-refractivity contribution in [2.45, 2.75) is 24.8 Å². The van der Waals surface area contributed by atoms with Gasteiger partial charge >= 0.3 is 6.03 Å². The van der Waals surface area contributed by atoms with Crippen LogP contribution in [0.15, 0.2) is 29.3 Å². The Kier molecular flexibility index (Phi) is 5.17. The number of fused-ring (bicyclic) bond motifs is 1. The molecule has 2 heterocycles. The first-order chi connectivity index (χ1) is 13.6. The maximum atomic E-state index is 13.5. The molecule has 29 heavy (non-hydrogen) atoms. The Morgan fingerprint density at radius 1 is 1.45 bits per heavy atom. The van der Waals surface area contributed by atoms with Crippen molar-refractivity contribution in [1.29, 1.82) is 5.26 Å². The summed E-state index contributed by atoms with van der Waals surface area (Å²) in [5.41, 5.74) is 0.646. The average molecular weight is 418 g/mol. The monoisotopic (exact) mass is 418 g/mol. The van der Waals surface area contributed by atoms with Crippen molar-refractivity contribution in [2.75, 3.05) is 11.9 Å². The molecule has 0 bridgehead atoms. The lowest BCUT2D eigenvalue weighted by Crippen LogP contribution is -2.49. The van der Waals surface area contributed by atoms with Gasteiger partial charge in [0.05, 0.1) is 23.0 Å². The van der Waals surface area contributed by atoms with Gasteiger partial charge in [-0.3, -0.25) is 4.79 Å². The number of sulfonamides is 1. The molecule has 0 saturated carbocycles. The number of nitrogens with zero attached hydrogens (tertiary/aromatic N) is 4. The van der Waals surface area contributed by atoms with Crippen LogP contribution in [0.3, 0.4) is 0 Å². The lowest BCUT2D eigenvalue weighted by molar-refractivity contribution is -0.121. The highest BCUT2D eigenvalue weighted by Gasteiger charge is 2.38. The number of carbonyl (C=O) groups is 2. The summed E-state index contributed by atoms with van der Waals surface area (Å²) in [6.07, 6.45) is 1.31. The highest BCUT2D eigenvalue weighted by molar-refractivity contribution is 7.90. The van der Waals surface area contributed by atoms with Crippen molar-refractivity contribution in [3.8, 4) is 6.07 Å². The van der Waals surface area contributed by atoms with E-state index in [-0.39, 0.29) is 17.1 Å². The molecule has 2 N–H and O–H groups in total. The number of aryl methyl sites for hydroxylation is 1. The standard InChI is InChI=1S/C17H15FN6O4S/c1-9-11(6-19)7-20-16(22-9)10(2)21-15(25)8-24-17(26)23-13-4-3-12(18)5-14(13)29(24,27)28/h3-5,7,10H,8H2,1-2H3,(H,21,25)(H,23,26)/t10-/m0/s1. The zero-order chi connectivity index (χ0) is 21.3. The van der Waals surface area contributed by atoms with Crippen LogP contribution in [-0.2, 0) is 14.8 Å². The minimum absolute atomic E-state index is 0.0668. The summed E-state index contributed by atoms with van der Waals surface area (Å²) in [5, 5.41) is 13.7. The third-order valence-corrected chi connectivity index (χ3v) is 5.92. The zero-order valence-corrected chi connectivity index (χ0v) is 16.1. The Bertz CT molecular complexity index is 1160. The quantitative estimate of drug-likeness (QED) is 0.759. The van der Waals surface area contributed by atoms with Crippen molar-refractivity contribution < 1.29 is 22.4 Å². The Balaban J connectivity index is 1.77. The van der Waals surface area contributed by atoms with E-state index in [4.69, 9.17) is 5.26 Å². The Hall–Kier alpha value is -3.59. The van der Waals surface area contributed by atoms with E-state index in [9.17, 15) is 22.4 Å². The number of nitrogens with one attached hydrogen (secondary N) is 2. The number of amides is 3. The summed E-state index contributed by atoms with van der Waals surface area (Å²) in [6, 6.07) is 3.09. The van der Waals surface area contributed by atoms with Crippen molar-refractivity contribution in [3.05, 3.63) is 47.3 Å². The van der Waals surface area contributed by atoms with Crippen LogP contribution in [0.1, 0.15) is 30.0 Å². The molecule has 2 aromatic rings. The molecule has 0 aliphatic carbocycles. The minimum atomic E-state index is -4.41. The van der Waals surface area contributed by atoms with Crippen LogP contribution in [0.2, 0.25) is 0 Å². The third-order valence-electron chi connectivity index (χ3n) is 4.15. The van der Waals surface area contributed by atoms with Gasteiger partial charge < -0.3 is 10.6 Å². The number of rotatable bonds is 4. The maximum absolute atomic E-state index is 13.5. The van der Waals surface area contributed by atoms with Gasteiger partial charge in [-0.05, 0) is 32.0 Å². The molecule has 12 heteroatoms. The predicted molar refractivity (Wildman–Crippen MR) is 97.4 cm³/mol. The number of anilines is 1. The summed E-state index contributed by atoms with van der Waals surface area (Å²) in [4.78, 5) is 32.2. The maximum Gasteiger partial charge on any atom is 0.336 e. The highest BCUT2D eigenvalue weighted by atomic mass is 32.2. The van der Waals surface area contributed by atoms with Gasteiger partial charge in [0, 0.05) is 6.20 Å². The molecule has 1 atom stereocenters. The molecule has 0 saturated heterocycles. The van der Waals surface area contributed by atoms with Crippen molar-refractivity contribution in [3.63, 3.8) is 0 Å². The van der Waals surface area contributed by atoms with Crippen molar-refractivity contribution >= 4 is 27.6 Å². The SMILES string of the molecule is Cc1nc([C@H](C)NC(=O)CN2C(=O)Nc3ccc(F)cc3S2(=O)=O)ncc1C#N. The normalized spacial score (nSPS) is 15.7. The van der Waals surface area contributed by atoms with Gasteiger partial charge in [0.2, 0.25) is 5.91 Å². The van der Waals surface area contributed by atoms with Crippen LogP contribution >= 0.6 is 0 Å². The summed E-state index contributed by atoms with van der Waals surface area (Å²) < 4.78 is 39.1. The van der Waals surface area contributed by atoms with E-state index in [0.29, 0.717) is 10.00 Å². The van der Waals surface area contributed by atoms with Gasteiger partial charge in [-0.15, -0.1) is 0 Å². The molecular formula is C17H15FN6O4S. The molecule has 0 spiro atoms. The molecular weight excluding hydrogens is 403 g/mol. The third kappa shape index (κ3) is 3.85. The number of carbonyl (C=O) groups excluding carboxylic acids is 2. The molecule has 1 aliphatic heterocycles. The van der Waals surface area contributed by atoms with E-state index in [1.165, 1.54) is 6.20 Å². The van der Waals surface area contributed by atoms with Crippen LogP contribution in [0.4, 0.5) is 14.9 Å². The fraction of sp³-hybridized carbons (Fsp3) is 0.235. The molecule has 150 valence electrons. The number of nitriles is 1. The number of hydrogen-bond donors (Lipinski definition) is 2. The van der Waals surface area contributed by atoms with Crippen LogP contribution in [0.25, 0.3) is 0 Å². The van der Waals surface area contributed by atoms with Gasteiger partial charge in [-0.1, -0.05) is 0 Å². The lowest BCUT2D eigenvalue weighted by atomic mass is 10.2. The average Bonchev–Trinajstić information content (AvgIpc) is 2.66. The number of halogens is 1. The van der Waals surface area contributed by atoms with Crippen molar-refractivity contribution in [2.24, 2.45) is 0 Å². The molecule has 1 aromatic heterocycles. The molecule has 0 radical (unpaired) electrons. The molecule has 3 rings (SSSR count). The summed E-state index contributed by atoms with van der Waals surface area (Å²) in [5.74, 6) is -1.37. The fourth-order valence-electron chi connectivity index (χ4n) is 2.66. The Morgan fingerprint density at radius 3 is 2.83 bits per heavy atom. The van der Waals surface area contributed by atoms with Gasteiger partial charge in [0.25, 0.3) is 10.0 Å². The molecule has 1 aromatic carbocycles. The first-order valence-electron chi connectivity index (χ1n) is 8.29. The van der Waals surface area contributed by atoms with Crippen LogP contribution in [0.5, 0.6) is 0 Å². The van der Waals surface area contributed by atoms with Crippen LogP contribution in [0, 0.1) is 24.1 Å². The largest absolute Gasteiger partial charge is 0.345 e. The van der Waals surface area contributed by atoms with E-state index < -0.39 is 45.3 Å². The van der Waals surface area contributed by atoms with Crippen LogP contribution in [-0.4, -0.2) is 41.2 Å². The Labute approximate surface area is 165 Å². The second-order valence-corrected chi connectivity index (χ2v) is 8.04. The molecule has 0 unspecified atom stereocenters. The predicted octanol–water partition coefficient (Wildman–Crippen LogP) is 1.21. The van der Waals surface area contributed by atoms with Gasteiger partial charge in [-0.25, -0.2) is 31.9 Å². The Morgan fingerprint density at radius 2 is 2.17 bits per heavy atom. The highest BCUT2D eigenvalue weighted by Crippen LogP contribution is 2.30. The van der Waals surface area contributed by atoms with Crippen molar-refractivity contribution in [1.82, 2.24) is 19.6 Å². The van der Waals surface area contributed by atoms with E-state index in [1.807, 2.05) is 6.07 Å². The molecule has 0 fully saturated rings. The smallest absolute Gasteiger partial charge is 0.336 e. The second kappa shape index (κ2) is 7.44. The number of hydrogen-bond acceptors (Lipinski definition) is 7. The molecule has 10 nitrogen and oxygen atoms in total. The van der Waals surface area contributed by atoms with Gasteiger partial charge in [0.1, 0.15) is 23.3 Å². The van der Waals surface area contributed by atoms with E-state index in [0.717, 1.165) is 18.2 Å². The number of benzene rings is 1. The van der Waals surface area contributed by atoms with E-state index in [2.05, 4.69) is 20.6 Å². The minimum Gasteiger partial charge on any atom is -0.345 e. The van der Waals surface area contributed by atoms with Crippen LogP contribution < -0.4 is 10.6 Å². The number of aromatic nitrogens is 2. The van der Waals surface area contributed by atoms with E-state index >= 15 is 0 Å². The summed E-state index contributed by atoms with van der Waals surface area (Å²) >= 11 is 0. The molecule has 3 amide bonds. The van der Waals surface area contributed by atoms with Gasteiger partial charge in [-0.2, -0.15) is 5.26 Å². The van der Waals surface area contributed by atoms with E-state index in [1.54, 1.807) is 13.8 Å². The fourth-order valence-corrected chi connectivity index (χ4v) is 4.11. The first kappa shape index (κ1) is 20.2. The topological polar surface area (TPSA) is 145 Å². The second-order valence-electron chi connectivity index (χ2n) is 6.21. The van der Waals surface area contributed by atoms with Gasteiger partial charge in [0.15, 0.2) is 5.82 Å².